The van der Waals surface area contributed by atoms with Crippen LogP contribution in [0.15, 0.2) is 46.6 Å². The first-order chi connectivity index (χ1) is 14.7. The zero-order valence-corrected chi connectivity index (χ0v) is 17.0. The number of ether oxygens (including phenoxy) is 2. The lowest BCUT2D eigenvalue weighted by molar-refractivity contribution is 0.0973. The van der Waals surface area contributed by atoms with Crippen LogP contribution in [0.1, 0.15) is 22.3 Å². The molecule has 3 heterocycles. The fourth-order valence-electron chi connectivity index (χ4n) is 3.40. The Kier molecular flexibility index (Phi) is 5.89. The van der Waals surface area contributed by atoms with Crippen molar-refractivity contribution in [1.29, 1.82) is 0 Å². The lowest BCUT2D eigenvalue weighted by Gasteiger charge is -2.28. The molecule has 0 bridgehead atoms. The summed E-state index contributed by atoms with van der Waals surface area (Å²) in [6.45, 7) is 2.69. The molecule has 1 amide bonds. The van der Waals surface area contributed by atoms with Crippen molar-refractivity contribution in [3.63, 3.8) is 0 Å². The van der Waals surface area contributed by atoms with Gasteiger partial charge >= 0.3 is 0 Å². The van der Waals surface area contributed by atoms with E-state index >= 15 is 0 Å². The third-order valence-corrected chi connectivity index (χ3v) is 4.83. The van der Waals surface area contributed by atoms with E-state index in [1.54, 1.807) is 25.4 Å². The lowest BCUT2D eigenvalue weighted by atomic mass is 10.1. The smallest absolute Gasteiger partial charge is 0.259 e. The van der Waals surface area contributed by atoms with Crippen molar-refractivity contribution in [3.05, 3.63) is 47.8 Å². The molecule has 9 nitrogen and oxygen atoms in total. The highest BCUT2D eigenvalue weighted by Gasteiger charge is 2.33. The molecule has 2 aliphatic heterocycles. The average molecular weight is 408 g/mol. The molecule has 0 atom stereocenters. The molecule has 0 unspecified atom stereocenters. The molecule has 2 N–H and O–H groups in total. The van der Waals surface area contributed by atoms with E-state index in [0.29, 0.717) is 48.4 Å². The van der Waals surface area contributed by atoms with E-state index < -0.39 is 0 Å². The normalized spacial score (nSPS) is 14.4. The fourth-order valence-corrected chi connectivity index (χ4v) is 3.40. The molecule has 0 radical (unpaired) electrons. The number of guanidine groups is 1. The number of hydrogen-bond acceptors (Lipinski definition) is 8. The first-order valence-electron chi connectivity index (χ1n) is 9.83. The number of carbonyl (C=O) groups is 1. The molecular weight excluding hydrogens is 384 g/mol. The minimum Gasteiger partial charge on any atom is -0.491 e. The van der Waals surface area contributed by atoms with Gasteiger partial charge < -0.3 is 14.8 Å². The summed E-state index contributed by atoms with van der Waals surface area (Å²) in [5, 5.41) is 5.99. The van der Waals surface area contributed by atoms with Gasteiger partial charge in [-0.05, 0) is 44.3 Å². The third kappa shape index (κ3) is 3.84. The second kappa shape index (κ2) is 8.91. The number of methoxy groups -OCH3 is 1. The Morgan fingerprint density at radius 2 is 2.20 bits per heavy atom. The maximum Gasteiger partial charge on any atom is 0.259 e. The first-order valence-corrected chi connectivity index (χ1v) is 9.83. The number of amidine groups is 1. The fraction of sp³-hybridized carbons (Fsp3) is 0.333. The van der Waals surface area contributed by atoms with Crippen LogP contribution in [-0.4, -0.2) is 68.0 Å². The minimum atomic E-state index is -0.282. The van der Waals surface area contributed by atoms with Gasteiger partial charge in [0.1, 0.15) is 11.5 Å². The van der Waals surface area contributed by atoms with Crippen LogP contribution in [0.4, 0.5) is 5.69 Å². The maximum absolute atomic E-state index is 12.7. The quantitative estimate of drug-likeness (QED) is 0.675. The van der Waals surface area contributed by atoms with Crippen LogP contribution in [0.25, 0.3) is 0 Å². The molecule has 1 aromatic carbocycles. The van der Waals surface area contributed by atoms with Gasteiger partial charge in [-0.1, -0.05) is 0 Å². The number of nitrogens with zero attached hydrogens (tertiary/aromatic N) is 4. The second-order valence-electron chi connectivity index (χ2n) is 6.79. The average Bonchev–Trinajstić information content (AvgIpc) is 3.27. The second-order valence-corrected chi connectivity index (χ2v) is 6.79. The van der Waals surface area contributed by atoms with Crippen LogP contribution < -0.4 is 20.1 Å². The number of carbonyl (C=O) groups excluding carboxylic acids is 1. The van der Waals surface area contributed by atoms with E-state index in [1.807, 2.05) is 24.1 Å². The number of rotatable bonds is 7. The van der Waals surface area contributed by atoms with Crippen LogP contribution >= 0.6 is 0 Å². The number of aliphatic imine (C=N–C) groups is 2. The van der Waals surface area contributed by atoms with Gasteiger partial charge in [0.2, 0.25) is 5.96 Å². The van der Waals surface area contributed by atoms with Crippen LogP contribution in [0, 0.1) is 0 Å². The first kappa shape index (κ1) is 19.8. The molecule has 0 saturated heterocycles. The van der Waals surface area contributed by atoms with Crippen LogP contribution in [0.2, 0.25) is 0 Å². The van der Waals surface area contributed by atoms with Crippen molar-refractivity contribution in [1.82, 2.24) is 20.5 Å². The molecule has 30 heavy (non-hydrogen) atoms. The summed E-state index contributed by atoms with van der Waals surface area (Å²) in [6, 6.07) is 7.24. The summed E-state index contributed by atoms with van der Waals surface area (Å²) in [5.74, 6) is 2.04. The van der Waals surface area contributed by atoms with Crippen molar-refractivity contribution in [2.45, 2.75) is 6.42 Å². The van der Waals surface area contributed by atoms with Crippen LogP contribution in [-0.2, 0) is 0 Å². The number of amides is 1. The van der Waals surface area contributed by atoms with Crippen LogP contribution in [0.3, 0.4) is 0 Å². The monoisotopic (exact) mass is 408 g/mol. The summed E-state index contributed by atoms with van der Waals surface area (Å²) in [6.07, 6.45) is 4.01. The van der Waals surface area contributed by atoms with Gasteiger partial charge in [0.25, 0.3) is 5.91 Å². The van der Waals surface area contributed by atoms with Gasteiger partial charge in [-0.15, -0.1) is 0 Å². The highest BCUT2D eigenvalue weighted by atomic mass is 16.5. The number of benzene rings is 1. The molecule has 1 aromatic heterocycles. The topological polar surface area (TPSA) is 100 Å². The number of nitrogens with one attached hydrogen (secondary N) is 2. The zero-order chi connectivity index (χ0) is 20.9. The van der Waals surface area contributed by atoms with Crippen LogP contribution in [0.5, 0.6) is 11.5 Å². The van der Waals surface area contributed by atoms with Crippen molar-refractivity contribution < 1.29 is 14.3 Å². The van der Waals surface area contributed by atoms with Gasteiger partial charge in [0.15, 0.2) is 11.5 Å². The van der Waals surface area contributed by atoms with E-state index in [9.17, 15) is 4.79 Å². The molecule has 2 aromatic rings. The predicted octanol–water partition coefficient (Wildman–Crippen LogP) is 1.57. The summed E-state index contributed by atoms with van der Waals surface area (Å²) in [4.78, 5) is 27.9. The molecule has 0 fully saturated rings. The Labute approximate surface area is 174 Å². The Bertz CT molecular complexity index is 990. The standard InChI is InChI=1S/C21H24N6O3/c1-22-8-4-12-30-16-7-6-15-17(18(16)29-2)25-21(27-11-10-24-19(15)27)26-20(28)14-5-3-9-23-13-14/h3,5-7,9,13,22H,4,8,10-12H2,1-2H3,(H,25,26,28). The van der Waals surface area contributed by atoms with Crippen molar-refractivity contribution in [2.24, 2.45) is 9.98 Å². The number of fused-ring (bicyclic) bond motifs is 3. The Morgan fingerprint density at radius 1 is 1.30 bits per heavy atom. The van der Waals surface area contributed by atoms with Gasteiger partial charge in [0.05, 0.1) is 25.8 Å². The summed E-state index contributed by atoms with van der Waals surface area (Å²) >= 11 is 0. The van der Waals surface area contributed by atoms with Crippen molar-refractivity contribution >= 4 is 23.4 Å². The van der Waals surface area contributed by atoms with Gasteiger partial charge in [-0.2, -0.15) is 0 Å². The SMILES string of the molecule is CNCCCOc1ccc2c(c1OC)N=C(NC(=O)c1cccnc1)N1CCN=C21. The predicted molar refractivity (Wildman–Crippen MR) is 114 cm³/mol. The molecule has 0 saturated carbocycles. The zero-order valence-electron chi connectivity index (χ0n) is 17.0. The molecule has 2 aliphatic rings. The Balaban J connectivity index is 1.67. The third-order valence-electron chi connectivity index (χ3n) is 4.83. The summed E-state index contributed by atoms with van der Waals surface area (Å²) in [5.41, 5.74) is 1.91. The van der Waals surface area contributed by atoms with E-state index in [4.69, 9.17) is 14.5 Å². The van der Waals surface area contributed by atoms with Gasteiger partial charge in [0, 0.05) is 24.5 Å². The molecule has 0 aliphatic carbocycles. The molecule has 4 rings (SSSR count). The largest absolute Gasteiger partial charge is 0.491 e. The Hall–Kier alpha value is -3.46. The summed E-state index contributed by atoms with van der Waals surface area (Å²) < 4.78 is 11.6. The number of hydrogen-bond donors (Lipinski definition) is 2. The highest BCUT2D eigenvalue weighted by molar-refractivity contribution is 6.20. The molecule has 0 spiro atoms. The summed E-state index contributed by atoms with van der Waals surface area (Å²) in [7, 11) is 3.49. The minimum absolute atomic E-state index is 0.282. The van der Waals surface area contributed by atoms with Crippen molar-refractivity contribution in [2.75, 3.05) is 40.4 Å². The highest BCUT2D eigenvalue weighted by Crippen LogP contribution is 2.43. The molecule has 156 valence electrons. The van der Waals surface area contributed by atoms with Gasteiger partial charge in [-0.25, -0.2) is 4.99 Å². The lowest BCUT2D eigenvalue weighted by Crippen LogP contribution is -2.47. The maximum atomic E-state index is 12.7. The Morgan fingerprint density at radius 3 is 2.97 bits per heavy atom. The number of pyridine rings is 1. The van der Waals surface area contributed by atoms with E-state index in [0.717, 1.165) is 24.4 Å². The number of aromatic nitrogens is 1. The van der Waals surface area contributed by atoms with Crippen molar-refractivity contribution in [3.8, 4) is 11.5 Å². The van der Waals surface area contributed by atoms with E-state index in [-0.39, 0.29) is 5.91 Å². The van der Waals surface area contributed by atoms with E-state index in [1.165, 1.54) is 6.20 Å². The molecule has 9 heteroatoms. The van der Waals surface area contributed by atoms with E-state index in [2.05, 4.69) is 20.6 Å². The molecular formula is C21H24N6O3. The van der Waals surface area contributed by atoms with Gasteiger partial charge in [-0.3, -0.25) is 25.0 Å².